The van der Waals surface area contributed by atoms with E-state index in [1.54, 1.807) is 0 Å². The van der Waals surface area contributed by atoms with Crippen molar-refractivity contribution in [3.63, 3.8) is 0 Å². The average Bonchev–Trinajstić information content (AvgIpc) is 1.00. The van der Waals surface area contributed by atoms with Gasteiger partial charge in [-0.25, -0.2) is 5.26 Å². The van der Waals surface area contributed by atoms with Crippen LogP contribution in [-0.2, 0) is 0 Å². The van der Waals surface area contributed by atoms with Gasteiger partial charge in [0.1, 0.15) is 0 Å². The third-order valence-corrected chi connectivity index (χ3v) is 0. The topological polar surface area (TPSA) is 58.8 Å². The Labute approximate surface area is 47.7 Å². The summed E-state index contributed by atoms with van der Waals surface area (Å²) in [5.41, 5.74) is 0. The molecule has 0 aromatic heterocycles. The van der Waals surface area contributed by atoms with Gasteiger partial charge in [-0.2, -0.15) is 0 Å². The molecule has 0 aliphatic heterocycles. The monoisotopic (exact) mass is 68.0 g/mol. The van der Waals surface area contributed by atoms with Crippen LogP contribution in [0.5, 0.6) is 0 Å². The first-order valence-corrected chi connectivity index (χ1v) is 0.258. The van der Waals surface area contributed by atoms with Gasteiger partial charge < -0.3 is 6.15 Å². The normalized spacial score (nSPS) is 0.500. The molecule has 3 N–H and O–H groups in total. The van der Waals surface area contributed by atoms with Gasteiger partial charge in [-0.15, -0.1) is 0 Å². The molecule has 0 rings (SSSR count). The first-order chi connectivity index (χ1) is 1.00. The quantitative estimate of drug-likeness (QED) is 0.394. The van der Waals surface area contributed by atoms with E-state index in [1.807, 2.05) is 0 Å². The third-order valence-electron chi connectivity index (χ3n) is 0. The molecule has 0 amide bonds. The van der Waals surface area contributed by atoms with Gasteiger partial charge in [0.05, 0.1) is 0 Å². The molecule has 0 saturated heterocycles. The first-order valence-electron chi connectivity index (χ1n) is 0.258. The van der Waals surface area contributed by atoms with Crippen molar-refractivity contribution in [1.29, 1.82) is 5.26 Å². The van der Waals surface area contributed by atoms with E-state index >= 15 is 0 Å². The fourth-order valence-corrected chi connectivity index (χ4v) is 0. The predicted molar refractivity (Wildman–Crippen MR) is 18.8 cm³/mol. The zero-order valence-corrected chi connectivity index (χ0v) is 1.73. The molecule has 4 heavy (non-hydrogen) atoms. The summed E-state index contributed by atoms with van der Waals surface area (Å²) in [5.74, 6) is 0. The minimum absolute atomic E-state index is 0. The van der Waals surface area contributed by atoms with Crippen LogP contribution < -0.4 is 6.15 Å². The fourth-order valence-electron chi connectivity index (χ4n) is 0. The van der Waals surface area contributed by atoms with Crippen LogP contribution in [0.15, 0.2) is 0 Å². The Kier molecular flexibility index (Phi) is 644. The van der Waals surface area contributed by atoms with Crippen molar-refractivity contribution in [2.24, 2.45) is 0 Å². The van der Waals surface area contributed by atoms with Crippen LogP contribution in [0.25, 0.3) is 0 Å². The molecule has 0 aromatic rings. The van der Waals surface area contributed by atoms with Crippen LogP contribution in [-0.4, -0.2) is 29.6 Å². The predicted octanol–water partition coefficient (Wildman–Crippen LogP) is -0.347. The molecule has 0 aliphatic carbocycles. The molecule has 0 atom stereocenters. The van der Waals surface area contributed by atoms with Gasteiger partial charge in [-0.05, 0) is 0 Å². The van der Waals surface area contributed by atoms with Gasteiger partial charge in [-0.1, -0.05) is 0 Å². The molecule has 0 heterocycles. The Morgan fingerprint density at radius 2 is 1.25 bits per heavy atom. The SMILES string of the molecule is C#N.N.[NaH]. The van der Waals surface area contributed by atoms with Crippen LogP contribution in [0.1, 0.15) is 0 Å². The summed E-state index contributed by atoms with van der Waals surface area (Å²) < 4.78 is 0. The molecule has 0 spiro atoms. The van der Waals surface area contributed by atoms with E-state index in [1.165, 1.54) is 0 Å². The van der Waals surface area contributed by atoms with Gasteiger partial charge in [0.15, 0.2) is 0 Å². The Bertz CT molecular complexity index is 10.8. The number of rotatable bonds is 0. The Morgan fingerprint density at radius 1 is 1.25 bits per heavy atom. The van der Waals surface area contributed by atoms with Crippen molar-refractivity contribution < 1.29 is 0 Å². The molecular formula is CH5N2Na. The number of hydrogen-bond donors (Lipinski definition) is 1. The summed E-state index contributed by atoms with van der Waals surface area (Å²) >= 11 is 0. The minimum atomic E-state index is 0. The van der Waals surface area contributed by atoms with Gasteiger partial charge in [0, 0.05) is 6.57 Å². The van der Waals surface area contributed by atoms with E-state index in [-0.39, 0.29) is 35.7 Å². The van der Waals surface area contributed by atoms with Crippen molar-refractivity contribution in [3.8, 4) is 6.57 Å². The first kappa shape index (κ1) is 25.2. The van der Waals surface area contributed by atoms with Crippen LogP contribution in [0.3, 0.4) is 0 Å². The standard InChI is InChI=1S/CHN.H3N.Na.H/c1-2;;;/h1H;1H3;;. The van der Waals surface area contributed by atoms with Crippen molar-refractivity contribution >= 4 is 29.6 Å². The fraction of sp³-hybridized carbons (Fsp3) is 0. The van der Waals surface area contributed by atoms with E-state index < -0.39 is 0 Å². The van der Waals surface area contributed by atoms with E-state index in [9.17, 15) is 0 Å². The number of nitrogens with zero attached hydrogens (tertiary/aromatic N) is 1. The van der Waals surface area contributed by atoms with Crippen molar-refractivity contribution in [2.75, 3.05) is 0 Å². The molecule has 0 fully saturated rings. The van der Waals surface area contributed by atoms with Crippen molar-refractivity contribution in [2.45, 2.75) is 0 Å². The van der Waals surface area contributed by atoms with Crippen LogP contribution in [0, 0.1) is 11.8 Å². The van der Waals surface area contributed by atoms with Gasteiger partial charge >= 0.3 is 29.6 Å². The summed E-state index contributed by atoms with van der Waals surface area (Å²) in [6.07, 6.45) is 0. The average molecular weight is 68.1 g/mol. The van der Waals surface area contributed by atoms with E-state index in [2.05, 4.69) is 6.57 Å². The summed E-state index contributed by atoms with van der Waals surface area (Å²) in [6.45, 7) is 3.50. The van der Waals surface area contributed by atoms with E-state index in [0.717, 1.165) is 0 Å². The summed E-state index contributed by atoms with van der Waals surface area (Å²) in [5, 5.41) is 6.50. The second-order valence-electron chi connectivity index (χ2n) is 0. The maximum absolute atomic E-state index is 6.50. The van der Waals surface area contributed by atoms with Gasteiger partial charge in [-0.3, -0.25) is 0 Å². The van der Waals surface area contributed by atoms with Crippen molar-refractivity contribution in [3.05, 3.63) is 0 Å². The molecule has 0 aliphatic rings. The van der Waals surface area contributed by atoms with Crippen LogP contribution in [0.2, 0.25) is 0 Å². The second kappa shape index (κ2) is 102. The molecule has 20 valence electrons. The molecular weight excluding hydrogens is 63.0 g/mol. The maximum atomic E-state index is 6.50. The molecule has 0 saturated carbocycles. The molecule has 0 aromatic carbocycles. The third kappa shape index (κ3) is 25.4. The van der Waals surface area contributed by atoms with Crippen LogP contribution in [0.4, 0.5) is 0 Å². The molecule has 3 heteroatoms. The Balaban J connectivity index is -0.00000000500. The molecule has 0 bridgehead atoms. The second-order valence-corrected chi connectivity index (χ2v) is 0. The van der Waals surface area contributed by atoms with Gasteiger partial charge in [0.25, 0.3) is 0 Å². The molecule has 2 nitrogen and oxygen atoms in total. The molecule has 0 radical (unpaired) electrons. The number of nitriles is 1. The summed E-state index contributed by atoms with van der Waals surface area (Å²) in [4.78, 5) is 0. The van der Waals surface area contributed by atoms with Crippen LogP contribution >= 0.6 is 0 Å². The van der Waals surface area contributed by atoms with Gasteiger partial charge in [0.2, 0.25) is 0 Å². The molecule has 0 unspecified atom stereocenters. The Hall–Kier alpha value is 0.450. The Morgan fingerprint density at radius 3 is 1.25 bits per heavy atom. The van der Waals surface area contributed by atoms with E-state index in [0.29, 0.717) is 0 Å². The number of hydrogen-bond acceptors (Lipinski definition) is 2. The summed E-state index contributed by atoms with van der Waals surface area (Å²) in [6, 6.07) is 0. The zero-order chi connectivity index (χ0) is 2.00. The van der Waals surface area contributed by atoms with E-state index in [4.69, 9.17) is 5.26 Å². The zero-order valence-electron chi connectivity index (χ0n) is 1.73. The summed E-state index contributed by atoms with van der Waals surface area (Å²) in [7, 11) is 0. The van der Waals surface area contributed by atoms with Crippen molar-refractivity contribution in [1.82, 2.24) is 6.15 Å².